The fourth-order valence-corrected chi connectivity index (χ4v) is 3.34. The summed E-state index contributed by atoms with van der Waals surface area (Å²) in [5, 5.41) is 2.82. The molecule has 0 aromatic carbocycles. The summed E-state index contributed by atoms with van der Waals surface area (Å²) in [7, 11) is 0. The first-order valence-corrected chi connectivity index (χ1v) is 8.71. The first-order chi connectivity index (χ1) is 12.2. The SMILES string of the molecule is CCOC(=O)c1ncn2c1C(=O)NC[C@H]1CN(C(=O)OC(C)(C)C)C[C@@H]12. The van der Waals surface area contributed by atoms with Gasteiger partial charge in [-0.05, 0) is 27.7 Å². The number of fused-ring (bicyclic) bond motifs is 3. The van der Waals surface area contributed by atoms with Gasteiger partial charge in [0.1, 0.15) is 11.3 Å². The normalized spacial score (nSPS) is 22.2. The minimum Gasteiger partial charge on any atom is -0.461 e. The Morgan fingerprint density at radius 3 is 2.73 bits per heavy atom. The topological polar surface area (TPSA) is 103 Å². The van der Waals surface area contributed by atoms with Crippen molar-refractivity contribution in [2.24, 2.45) is 5.92 Å². The summed E-state index contributed by atoms with van der Waals surface area (Å²) in [6.45, 7) is 8.61. The highest BCUT2D eigenvalue weighted by atomic mass is 16.6. The molecule has 1 fully saturated rings. The van der Waals surface area contributed by atoms with Gasteiger partial charge in [-0.15, -0.1) is 0 Å². The van der Waals surface area contributed by atoms with Gasteiger partial charge in [-0.25, -0.2) is 14.6 Å². The molecule has 9 heteroatoms. The van der Waals surface area contributed by atoms with Gasteiger partial charge in [-0.3, -0.25) is 4.79 Å². The van der Waals surface area contributed by atoms with Gasteiger partial charge in [-0.2, -0.15) is 0 Å². The number of rotatable bonds is 2. The quantitative estimate of drug-likeness (QED) is 0.792. The van der Waals surface area contributed by atoms with E-state index in [-0.39, 0.29) is 42.0 Å². The summed E-state index contributed by atoms with van der Waals surface area (Å²) >= 11 is 0. The lowest BCUT2D eigenvalue weighted by Crippen LogP contribution is -2.37. The van der Waals surface area contributed by atoms with E-state index in [2.05, 4.69) is 10.3 Å². The largest absolute Gasteiger partial charge is 0.461 e. The molecule has 3 heterocycles. The maximum Gasteiger partial charge on any atom is 0.410 e. The summed E-state index contributed by atoms with van der Waals surface area (Å²) in [5.74, 6) is -0.974. The van der Waals surface area contributed by atoms with Crippen molar-refractivity contribution in [2.45, 2.75) is 39.3 Å². The molecule has 3 rings (SSSR count). The maximum atomic E-state index is 12.4. The van der Waals surface area contributed by atoms with Crippen molar-refractivity contribution >= 4 is 18.0 Å². The van der Waals surface area contributed by atoms with Gasteiger partial charge in [0.2, 0.25) is 0 Å². The molecule has 142 valence electrons. The van der Waals surface area contributed by atoms with Gasteiger partial charge < -0.3 is 24.3 Å². The van der Waals surface area contributed by atoms with Crippen LogP contribution in [0.15, 0.2) is 6.33 Å². The fourth-order valence-electron chi connectivity index (χ4n) is 3.34. The lowest BCUT2D eigenvalue weighted by atomic mass is 10.0. The van der Waals surface area contributed by atoms with Gasteiger partial charge in [-0.1, -0.05) is 0 Å². The molecule has 26 heavy (non-hydrogen) atoms. The second-order valence-electron chi connectivity index (χ2n) is 7.49. The standard InChI is InChI=1S/C17H24N4O5/c1-5-25-15(23)12-13-14(22)18-6-10-7-20(16(24)26-17(2,3)4)8-11(10)21(13)9-19-12/h9-11H,5-8H2,1-4H3,(H,18,22)/t10-,11-/m0/s1. The predicted octanol–water partition coefficient (Wildman–Crippen LogP) is 1.21. The van der Waals surface area contributed by atoms with E-state index in [0.717, 1.165) is 0 Å². The molecule has 2 aliphatic heterocycles. The molecule has 0 aliphatic carbocycles. The molecule has 0 radical (unpaired) electrons. The average Bonchev–Trinajstić information content (AvgIpc) is 3.12. The Morgan fingerprint density at radius 1 is 1.35 bits per heavy atom. The van der Waals surface area contributed by atoms with Gasteiger partial charge in [0.05, 0.1) is 19.0 Å². The third-order valence-corrected chi connectivity index (χ3v) is 4.42. The number of esters is 1. The number of likely N-dealkylation sites (tertiary alicyclic amines) is 1. The maximum absolute atomic E-state index is 12.4. The molecule has 1 aromatic heterocycles. The zero-order valence-corrected chi connectivity index (χ0v) is 15.4. The van der Waals surface area contributed by atoms with Crippen LogP contribution in [0.5, 0.6) is 0 Å². The highest BCUT2D eigenvalue weighted by Crippen LogP contribution is 2.32. The second-order valence-corrected chi connectivity index (χ2v) is 7.49. The van der Waals surface area contributed by atoms with Gasteiger partial charge in [0.25, 0.3) is 5.91 Å². The van der Waals surface area contributed by atoms with Crippen LogP contribution in [0.4, 0.5) is 4.79 Å². The zero-order valence-electron chi connectivity index (χ0n) is 15.4. The van der Waals surface area contributed by atoms with Crippen LogP contribution in [-0.4, -0.2) is 64.3 Å². The Hall–Kier alpha value is -2.58. The molecule has 2 atom stereocenters. The highest BCUT2D eigenvalue weighted by molar-refractivity contribution is 6.03. The number of hydrogen-bond acceptors (Lipinski definition) is 6. The number of ether oxygens (including phenoxy) is 2. The van der Waals surface area contributed by atoms with Crippen LogP contribution < -0.4 is 5.32 Å². The Morgan fingerprint density at radius 2 is 2.08 bits per heavy atom. The lowest BCUT2D eigenvalue weighted by Gasteiger charge is -2.24. The van der Waals surface area contributed by atoms with E-state index in [4.69, 9.17) is 9.47 Å². The van der Waals surface area contributed by atoms with Crippen molar-refractivity contribution in [3.63, 3.8) is 0 Å². The van der Waals surface area contributed by atoms with Crippen molar-refractivity contribution < 1.29 is 23.9 Å². The monoisotopic (exact) mass is 364 g/mol. The zero-order chi connectivity index (χ0) is 19.1. The Bertz CT molecular complexity index is 736. The second kappa shape index (κ2) is 6.62. The molecule has 0 spiro atoms. The number of hydrogen-bond donors (Lipinski definition) is 1. The number of aromatic nitrogens is 2. The van der Waals surface area contributed by atoms with Crippen LogP contribution in [0.3, 0.4) is 0 Å². The average molecular weight is 364 g/mol. The minimum atomic E-state index is -0.628. The molecule has 0 bridgehead atoms. The number of nitrogens with zero attached hydrogens (tertiary/aromatic N) is 3. The number of imidazole rings is 1. The molecular formula is C17H24N4O5. The summed E-state index contributed by atoms with van der Waals surface area (Å²) in [4.78, 5) is 42.6. The van der Waals surface area contributed by atoms with Gasteiger partial charge in [0, 0.05) is 25.6 Å². The Labute approximate surface area is 151 Å². The third-order valence-electron chi connectivity index (χ3n) is 4.42. The van der Waals surface area contributed by atoms with E-state index in [1.807, 2.05) is 20.8 Å². The molecule has 0 saturated carbocycles. The van der Waals surface area contributed by atoms with E-state index in [0.29, 0.717) is 19.6 Å². The van der Waals surface area contributed by atoms with Crippen LogP contribution in [0.2, 0.25) is 0 Å². The highest BCUT2D eigenvalue weighted by Gasteiger charge is 2.42. The first-order valence-electron chi connectivity index (χ1n) is 8.71. The third kappa shape index (κ3) is 3.38. The van der Waals surface area contributed by atoms with Crippen molar-refractivity contribution in [2.75, 3.05) is 26.2 Å². The fraction of sp³-hybridized carbons (Fsp3) is 0.647. The predicted molar refractivity (Wildman–Crippen MR) is 90.9 cm³/mol. The lowest BCUT2D eigenvalue weighted by molar-refractivity contribution is 0.0283. The van der Waals surface area contributed by atoms with Gasteiger partial charge >= 0.3 is 12.1 Å². The summed E-state index contributed by atoms with van der Waals surface area (Å²) in [5.41, 5.74) is -0.393. The van der Waals surface area contributed by atoms with E-state index in [1.54, 1.807) is 16.4 Å². The van der Waals surface area contributed by atoms with E-state index in [9.17, 15) is 14.4 Å². The van der Waals surface area contributed by atoms with Crippen molar-refractivity contribution in [3.8, 4) is 0 Å². The minimum absolute atomic E-state index is 0.000665. The number of carbonyl (C=O) groups is 3. The molecule has 1 N–H and O–H groups in total. The van der Waals surface area contributed by atoms with E-state index >= 15 is 0 Å². The molecular weight excluding hydrogens is 340 g/mol. The van der Waals surface area contributed by atoms with Crippen LogP contribution >= 0.6 is 0 Å². The van der Waals surface area contributed by atoms with E-state index < -0.39 is 11.6 Å². The Balaban J connectivity index is 1.87. The molecule has 9 nitrogen and oxygen atoms in total. The summed E-state index contributed by atoms with van der Waals surface area (Å²) < 4.78 is 12.1. The number of amides is 2. The van der Waals surface area contributed by atoms with Crippen molar-refractivity contribution in [1.82, 2.24) is 19.8 Å². The number of carbonyl (C=O) groups excluding carboxylic acids is 3. The molecule has 1 saturated heterocycles. The van der Waals surface area contributed by atoms with Gasteiger partial charge in [0.15, 0.2) is 5.69 Å². The summed E-state index contributed by atoms with van der Waals surface area (Å²) in [6.07, 6.45) is 1.09. The molecule has 1 aromatic rings. The van der Waals surface area contributed by atoms with Crippen LogP contribution in [-0.2, 0) is 9.47 Å². The van der Waals surface area contributed by atoms with E-state index in [1.165, 1.54) is 6.33 Å². The molecule has 0 unspecified atom stereocenters. The van der Waals surface area contributed by atoms with Crippen LogP contribution in [0, 0.1) is 5.92 Å². The summed E-state index contributed by atoms with van der Waals surface area (Å²) in [6, 6.07) is -0.160. The molecule has 2 aliphatic rings. The Kier molecular flexibility index (Phi) is 4.64. The molecule has 2 amide bonds. The first kappa shape index (κ1) is 18.2. The smallest absolute Gasteiger partial charge is 0.410 e. The van der Waals surface area contributed by atoms with Crippen molar-refractivity contribution in [1.29, 1.82) is 0 Å². The van der Waals surface area contributed by atoms with Crippen LogP contribution in [0.1, 0.15) is 54.7 Å². The van der Waals surface area contributed by atoms with Crippen molar-refractivity contribution in [3.05, 3.63) is 17.7 Å². The van der Waals surface area contributed by atoms with Crippen LogP contribution in [0.25, 0.3) is 0 Å². The number of nitrogens with one attached hydrogen (secondary N) is 1.